The molecule has 2 atom stereocenters. The average molecular weight is 412 g/mol. The molecule has 2 unspecified atom stereocenters. The van der Waals surface area contributed by atoms with Gasteiger partial charge < -0.3 is 10.3 Å². The summed E-state index contributed by atoms with van der Waals surface area (Å²) >= 11 is 1.39. The van der Waals surface area contributed by atoms with Gasteiger partial charge in [0.05, 0.1) is 6.04 Å². The number of fused-ring (bicyclic) bond motifs is 1. The number of halogens is 1. The number of carbonyl (C=O) groups is 1. The molecule has 1 N–H and O–H groups in total. The first-order valence-corrected chi connectivity index (χ1v) is 10.5. The van der Waals surface area contributed by atoms with Gasteiger partial charge in [0.25, 0.3) is 0 Å². The largest absolute Gasteiger partial charge is 0.342 e. The number of nitrogens with zero attached hydrogens (tertiary/aromatic N) is 4. The molecule has 8 heteroatoms. The van der Waals surface area contributed by atoms with E-state index >= 15 is 0 Å². The highest BCUT2D eigenvalue weighted by Gasteiger charge is 2.39. The second-order valence-corrected chi connectivity index (χ2v) is 7.82. The molecule has 0 spiro atoms. The Kier molecular flexibility index (Phi) is 5.53. The van der Waals surface area contributed by atoms with Crippen LogP contribution in [0.15, 0.2) is 59.8 Å². The van der Waals surface area contributed by atoms with Crippen LogP contribution in [0.4, 0.5) is 4.39 Å². The van der Waals surface area contributed by atoms with Gasteiger partial charge in [-0.2, -0.15) is 0 Å². The van der Waals surface area contributed by atoms with E-state index in [9.17, 15) is 9.18 Å². The molecule has 2 heterocycles. The van der Waals surface area contributed by atoms with Gasteiger partial charge in [-0.3, -0.25) is 4.79 Å². The maximum absolute atomic E-state index is 13.5. The quantitative estimate of drug-likeness (QED) is 0.693. The minimum absolute atomic E-state index is 0.0253. The van der Waals surface area contributed by atoms with Crippen LogP contribution in [0.5, 0.6) is 0 Å². The predicted octanol–water partition coefficient (Wildman–Crippen LogP) is 3.71. The standard InChI is InChI=1S/C21H22FN5OS/c1-3-26(4-2)20(28)18-17(14-10-12-16(22)13-11-14)25-27-19(23-24-21(27)29-18)15-8-6-5-7-9-15/h5-13,17-18,25H,3-4H2,1-2H3. The third-order valence-corrected chi connectivity index (χ3v) is 6.22. The summed E-state index contributed by atoms with van der Waals surface area (Å²) in [6.45, 7) is 5.19. The molecule has 1 aliphatic rings. The Hall–Kier alpha value is -2.87. The zero-order valence-electron chi connectivity index (χ0n) is 16.2. The van der Waals surface area contributed by atoms with E-state index in [2.05, 4.69) is 15.6 Å². The number of rotatable bonds is 5. The maximum atomic E-state index is 13.5. The fraction of sp³-hybridized carbons (Fsp3) is 0.286. The lowest BCUT2D eigenvalue weighted by molar-refractivity contribution is -0.130. The Morgan fingerprint density at radius 1 is 1.10 bits per heavy atom. The van der Waals surface area contributed by atoms with E-state index in [4.69, 9.17) is 0 Å². The normalized spacial score (nSPS) is 18.0. The number of amides is 1. The topological polar surface area (TPSA) is 63.1 Å². The number of nitrogens with one attached hydrogen (secondary N) is 1. The predicted molar refractivity (Wildman–Crippen MR) is 112 cm³/mol. The third kappa shape index (κ3) is 3.72. The second kappa shape index (κ2) is 8.24. The molecule has 3 aromatic rings. The van der Waals surface area contributed by atoms with Crippen molar-refractivity contribution in [2.45, 2.75) is 30.3 Å². The molecule has 2 aromatic carbocycles. The molecule has 6 nitrogen and oxygen atoms in total. The molecule has 0 bridgehead atoms. The highest BCUT2D eigenvalue weighted by Crippen LogP contribution is 2.39. The van der Waals surface area contributed by atoms with Gasteiger partial charge in [0, 0.05) is 18.7 Å². The minimum Gasteiger partial charge on any atom is -0.342 e. The second-order valence-electron chi connectivity index (χ2n) is 6.71. The fourth-order valence-corrected chi connectivity index (χ4v) is 4.62. The fourth-order valence-electron chi connectivity index (χ4n) is 3.45. The first-order valence-electron chi connectivity index (χ1n) is 9.60. The Labute approximate surface area is 173 Å². The molecule has 0 saturated carbocycles. The van der Waals surface area contributed by atoms with Gasteiger partial charge in [-0.15, -0.1) is 10.2 Å². The first kappa shape index (κ1) is 19.4. The van der Waals surface area contributed by atoms with E-state index < -0.39 is 5.25 Å². The summed E-state index contributed by atoms with van der Waals surface area (Å²) in [5, 5.41) is 8.84. The van der Waals surface area contributed by atoms with Gasteiger partial charge in [0.15, 0.2) is 5.82 Å². The molecular formula is C21H22FN5OS. The molecule has 1 aliphatic heterocycles. The average Bonchev–Trinajstić information content (AvgIpc) is 3.18. The summed E-state index contributed by atoms with van der Waals surface area (Å²) < 4.78 is 15.3. The maximum Gasteiger partial charge on any atom is 0.238 e. The highest BCUT2D eigenvalue weighted by molar-refractivity contribution is 8.00. The van der Waals surface area contributed by atoms with E-state index in [-0.39, 0.29) is 17.8 Å². The van der Waals surface area contributed by atoms with Crippen LogP contribution in [0.25, 0.3) is 11.4 Å². The van der Waals surface area contributed by atoms with Crippen molar-refractivity contribution in [1.82, 2.24) is 19.8 Å². The van der Waals surface area contributed by atoms with Gasteiger partial charge in [0.1, 0.15) is 11.1 Å². The summed E-state index contributed by atoms with van der Waals surface area (Å²) in [6.07, 6.45) is 0. The lowest BCUT2D eigenvalue weighted by Crippen LogP contribution is -2.46. The Morgan fingerprint density at radius 2 is 1.79 bits per heavy atom. The van der Waals surface area contributed by atoms with Crippen LogP contribution >= 0.6 is 11.8 Å². The van der Waals surface area contributed by atoms with E-state index in [1.54, 1.807) is 17.0 Å². The summed E-state index contributed by atoms with van der Waals surface area (Å²) in [5.41, 5.74) is 5.17. The van der Waals surface area contributed by atoms with Crippen molar-refractivity contribution in [3.63, 3.8) is 0 Å². The van der Waals surface area contributed by atoms with Crippen molar-refractivity contribution in [3.05, 3.63) is 66.0 Å². The molecule has 0 aliphatic carbocycles. The van der Waals surface area contributed by atoms with E-state index in [1.807, 2.05) is 48.9 Å². The Morgan fingerprint density at radius 3 is 2.45 bits per heavy atom. The molecule has 150 valence electrons. The smallest absolute Gasteiger partial charge is 0.238 e. The van der Waals surface area contributed by atoms with Gasteiger partial charge in [0.2, 0.25) is 11.1 Å². The van der Waals surface area contributed by atoms with E-state index in [0.717, 1.165) is 11.1 Å². The zero-order valence-corrected chi connectivity index (χ0v) is 17.1. The van der Waals surface area contributed by atoms with Crippen molar-refractivity contribution >= 4 is 17.7 Å². The monoisotopic (exact) mass is 411 g/mol. The number of hydrogen-bond donors (Lipinski definition) is 1. The van der Waals surface area contributed by atoms with Gasteiger partial charge in [-0.05, 0) is 31.5 Å². The van der Waals surface area contributed by atoms with Crippen molar-refractivity contribution in [2.75, 3.05) is 18.5 Å². The summed E-state index contributed by atoms with van der Waals surface area (Å²) in [4.78, 5) is 15.0. The number of hydrogen-bond acceptors (Lipinski definition) is 5. The van der Waals surface area contributed by atoms with E-state index in [0.29, 0.717) is 24.1 Å². The van der Waals surface area contributed by atoms with Crippen molar-refractivity contribution in [2.24, 2.45) is 0 Å². The van der Waals surface area contributed by atoms with Crippen LogP contribution in [-0.4, -0.2) is 44.0 Å². The van der Waals surface area contributed by atoms with Gasteiger partial charge in [-0.1, -0.05) is 54.2 Å². The number of aromatic nitrogens is 3. The summed E-state index contributed by atoms with van der Waals surface area (Å²) in [7, 11) is 0. The van der Waals surface area contributed by atoms with Crippen molar-refractivity contribution < 1.29 is 9.18 Å². The lowest BCUT2D eigenvalue weighted by Gasteiger charge is -2.35. The molecule has 0 radical (unpaired) electrons. The molecule has 1 aromatic heterocycles. The number of benzene rings is 2. The van der Waals surface area contributed by atoms with Gasteiger partial charge in [-0.25, -0.2) is 9.07 Å². The number of carbonyl (C=O) groups excluding carboxylic acids is 1. The van der Waals surface area contributed by atoms with E-state index in [1.165, 1.54) is 23.9 Å². The molecule has 1 amide bonds. The van der Waals surface area contributed by atoms with Crippen LogP contribution in [0.3, 0.4) is 0 Å². The molecule has 4 rings (SSSR count). The third-order valence-electron chi connectivity index (χ3n) is 5.02. The van der Waals surface area contributed by atoms with Crippen LogP contribution in [0.1, 0.15) is 25.5 Å². The zero-order chi connectivity index (χ0) is 20.4. The van der Waals surface area contributed by atoms with Crippen molar-refractivity contribution in [1.29, 1.82) is 0 Å². The summed E-state index contributed by atoms with van der Waals surface area (Å²) in [6, 6.07) is 15.7. The van der Waals surface area contributed by atoms with Crippen LogP contribution in [0, 0.1) is 5.82 Å². The molecule has 0 fully saturated rings. The Balaban J connectivity index is 1.76. The van der Waals surface area contributed by atoms with Crippen LogP contribution < -0.4 is 5.43 Å². The molecular weight excluding hydrogens is 389 g/mol. The summed E-state index contributed by atoms with van der Waals surface area (Å²) in [5.74, 6) is 0.394. The minimum atomic E-state index is -0.430. The van der Waals surface area contributed by atoms with Crippen molar-refractivity contribution in [3.8, 4) is 11.4 Å². The van der Waals surface area contributed by atoms with Gasteiger partial charge >= 0.3 is 0 Å². The van der Waals surface area contributed by atoms with Crippen LogP contribution in [0.2, 0.25) is 0 Å². The molecule has 0 saturated heterocycles. The Bertz CT molecular complexity index is 988. The SMILES string of the molecule is CCN(CC)C(=O)C1Sc2nnc(-c3ccccc3)n2NC1c1ccc(F)cc1. The lowest BCUT2D eigenvalue weighted by atomic mass is 10.0. The molecule has 29 heavy (non-hydrogen) atoms. The number of thioether (sulfide) groups is 1. The van der Waals surface area contributed by atoms with Crippen LogP contribution in [-0.2, 0) is 4.79 Å². The highest BCUT2D eigenvalue weighted by atomic mass is 32.2. The first-order chi connectivity index (χ1) is 14.1.